The second-order valence-corrected chi connectivity index (χ2v) is 16.5. The van der Waals surface area contributed by atoms with Crippen LogP contribution in [0.2, 0.25) is 0 Å². The van der Waals surface area contributed by atoms with Crippen LogP contribution in [0, 0.1) is 53.9 Å². The number of aryl methyl sites for hydroxylation is 4. The molecule has 0 amide bonds. The molecule has 2 unspecified atom stereocenters. The number of rotatable bonds is 5. The van der Waals surface area contributed by atoms with Gasteiger partial charge in [0.05, 0.1) is 39.0 Å². The Balaban J connectivity index is 1.46. The summed E-state index contributed by atoms with van der Waals surface area (Å²) in [4.78, 5) is 0. The zero-order valence-corrected chi connectivity index (χ0v) is 32.8. The van der Waals surface area contributed by atoms with Crippen LogP contribution in [0.25, 0.3) is 60.6 Å². The third-order valence-corrected chi connectivity index (χ3v) is 12.8. The van der Waals surface area contributed by atoms with Crippen molar-refractivity contribution in [3.63, 3.8) is 0 Å². The normalized spacial score (nSPS) is 17.6. The minimum absolute atomic E-state index is 0.290. The topological polar surface area (TPSA) is 57.5 Å². The van der Waals surface area contributed by atoms with Crippen LogP contribution in [-0.4, -0.2) is 15.3 Å². The molecule has 5 heteroatoms. The number of fused-ring (bicyclic) bond motifs is 7. The number of benzene rings is 6. The zero-order valence-electron chi connectivity index (χ0n) is 30.6. The van der Waals surface area contributed by atoms with Crippen LogP contribution < -0.4 is 0 Å². The van der Waals surface area contributed by atoms with E-state index in [1.165, 1.54) is 53.9 Å². The molecular weight excluding hydrogens is 771 g/mol. The number of allylic oxidation sites excluding steroid dienone is 4. The molecule has 2 aromatic heterocycles. The van der Waals surface area contributed by atoms with E-state index in [1.807, 2.05) is 6.07 Å². The third-order valence-electron chi connectivity index (χ3n) is 11.9. The molecule has 6 aromatic carbocycles. The van der Waals surface area contributed by atoms with E-state index in [4.69, 9.17) is 5.41 Å². The van der Waals surface area contributed by atoms with Gasteiger partial charge in [-0.25, -0.2) is 0 Å². The Kier molecular flexibility index (Phi) is 7.25. The first kappa shape index (κ1) is 32.9. The van der Waals surface area contributed by atoms with Gasteiger partial charge in [-0.15, -0.1) is 0 Å². The molecule has 54 heavy (non-hydrogen) atoms. The van der Waals surface area contributed by atoms with Crippen molar-refractivity contribution in [2.75, 3.05) is 0 Å². The van der Waals surface area contributed by atoms with Crippen LogP contribution in [-0.2, 0) is 5.41 Å². The Labute approximate surface area is 328 Å². The van der Waals surface area contributed by atoms with Gasteiger partial charge in [-0.2, -0.15) is 5.26 Å². The quantitative estimate of drug-likeness (QED) is 0.137. The van der Waals surface area contributed by atoms with E-state index in [2.05, 4.69) is 181 Å². The lowest BCUT2D eigenvalue weighted by Crippen LogP contribution is -2.20. The molecule has 0 saturated heterocycles. The summed E-state index contributed by atoms with van der Waals surface area (Å²) in [6, 6.07) is 40.1. The number of aromatic nitrogens is 2. The van der Waals surface area contributed by atoms with Crippen molar-refractivity contribution < 1.29 is 0 Å². The second kappa shape index (κ2) is 11.9. The van der Waals surface area contributed by atoms with Crippen molar-refractivity contribution in [2.45, 2.75) is 39.5 Å². The molecule has 260 valence electrons. The number of nitriles is 1. The molecular formula is C49H37IN4. The molecule has 0 spiro atoms. The van der Waals surface area contributed by atoms with Gasteiger partial charge in [0.15, 0.2) is 0 Å². The van der Waals surface area contributed by atoms with Gasteiger partial charge in [0.25, 0.3) is 0 Å². The van der Waals surface area contributed by atoms with Crippen molar-refractivity contribution in [1.82, 2.24) is 9.13 Å². The average Bonchev–Trinajstić information content (AvgIpc) is 3.75. The van der Waals surface area contributed by atoms with Gasteiger partial charge in [-0.1, -0.05) is 82.9 Å². The molecule has 0 aliphatic heterocycles. The fourth-order valence-electron chi connectivity index (χ4n) is 9.44. The van der Waals surface area contributed by atoms with Crippen molar-refractivity contribution in [3.8, 4) is 17.4 Å². The van der Waals surface area contributed by atoms with Crippen molar-refractivity contribution in [1.29, 1.82) is 10.7 Å². The van der Waals surface area contributed by atoms with Crippen LogP contribution in [0.15, 0.2) is 121 Å². The van der Waals surface area contributed by atoms with Gasteiger partial charge in [0.2, 0.25) is 0 Å². The van der Waals surface area contributed by atoms with E-state index >= 15 is 0 Å². The summed E-state index contributed by atoms with van der Waals surface area (Å²) in [6.45, 7) is 8.59. The Hall–Kier alpha value is -5.71. The number of nitrogens with zero attached hydrogens (tertiary/aromatic N) is 3. The lowest BCUT2D eigenvalue weighted by atomic mass is 9.77. The van der Waals surface area contributed by atoms with Crippen LogP contribution in [0.5, 0.6) is 0 Å². The second-order valence-electron chi connectivity index (χ2n) is 15.3. The van der Waals surface area contributed by atoms with Crippen LogP contribution in [0.1, 0.15) is 50.9 Å². The Morgan fingerprint density at radius 2 is 1.20 bits per heavy atom. The first-order valence-electron chi connectivity index (χ1n) is 18.5. The van der Waals surface area contributed by atoms with E-state index in [0.717, 1.165) is 56.2 Å². The summed E-state index contributed by atoms with van der Waals surface area (Å²) in [7, 11) is 0. The van der Waals surface area contributed by atoms with Crippen LogP contribution in [0.4, 0.5) is 0 Å². The summed E-state index contributed by atoms with van der Waals surface area (Å²) < 4.78 is 5.96. The minimum atomic E-state index is -0.290. The van der Waals surface area contributed by atoms with Gasteiger partial charge in [0, 0.05) is 47.9 Å². The highest BCUT2D eigenvalue weighted by atomic mass is 127. The van der Waals surface area contributed by atoms with Gasteiger partial charge in [-0.3, -0.25) is 0 Å². The van der Waals surface area contributed by atoms with E-state index in [-0.39, 0.29) is 5.41 Å². The Morgan fingerprint density at radius 1 is 0.704 bits per heavy atom. The first-order valence-corrected chi connectivity index (χ1v) is 19.6. The summed E-state index contributed by atoms with van der Waals surface area (Å²) >= 11 is 2.50. The van der Waals surface area contributed by atoms with E-state index in [0.29, 0.717) is 17.0 Å². The molecule has 10 rings (SSSR count). The molecule has 8 aromatic rings. The van der Waals surface area contributed by atoms with Crippen molar-refractivity contribution in [2.24, 2.45) is 5.92 Å². The van der Waals surface area contributed by atoms with E-state index in [9.17, 15) is 5.26 Å². The molecule has 2 aliphatic carbocycles. The van der Waals surface area contributed by atoms with E-state index in [1.54, 1.807) is 0 Å². The van der Waals surface area contributed by atoms with Crippen LogP contribution >= 0.6 is 22.6 Å². The van der Waals surface area contributed by atoms with Crippen molar-refractivity contribution in [3.05, 3.63) is 169 Å². The summed E-state index contributed by atoms with van der Waals surface area (Å²) in [5.74, 6) is 0.315. The number of hydrogen-bond acceptors (Lipinski definition) is 2. The molecule has 4 nitrogen and oxygen atoms in total. The SMILES string of the molecule is Cc1ccc2c(c1)c1cc(C)ccc1n2-c1c(C#N)cc(C=N)c(-n2c3ccc(C)cc3c3cc(C)ccc32)c1C1=CC=CC2CC12c1ccccc1I. The molecule has 0 bridgehead atoms. The molecule has 1 saturated carbocycles. The standard InChI is InChI=1S/C49H37IN4/c1-28-12-16-42-35(20-28)36-21-29(2)13-17-43(36)53(42)47-32(26-51)24-33(27-52)48(54-44-18-14-30(3)22-37(44)38-23-31(4)15-19-45(38)54)46(47)40-10-7-8-34-25-49(34,40)39-9-5-6-11-41(39)50/h5-24,26,34,51H,25H2,1-4H3. The molecule has 2 heterocycles. The zero-order chi connectivity index (χ0) is 37.0. The predicted octanol–water partition coefficient (Wildman–Crippen LogP) is 12.5. The van der Waals surface area contributed by atoms with Crippen molar-refractivity contribution >= 4 is 78.0 Å². The summed E-state index contributed by atoms with van der Waals surface area (Å²) in [5.41, 5.74) is 15.3. The fourth-order valence-corrected chi connectivity index (χ4v) is 10.3. The maximum atomic E-state index is 11.2. The lowest BCUT2D eigenvalue weighted by molar-refractivity contribution is 0.830. The monoisotopic (exact) mass is 808 g/mol. The van der Waals surface area contributed by atoms with Gasteiger partial charge in [-0.05, 0) is 134 Å². The average molecular weight is 809 g/mol. The molecule has 1 N–H and O–H groups in total. The summed E-state index contributed by atoms with van der Waals surface area (Å²) in [5, 5.41) is 25.0. The highest BCUT2D eigenvalue weighted by Crippen LogP contribution is 2.66. The smallest absolute Gasteiger partial charge is 0.101 e. The third kappa shape index (κ3) is 4.56. The number of hydrogen-bond donors (Lipinski definition) is 1. The Bertz CT molecular complexity index is 2950. The Morgan fingerprint density at radius 3 is 1.69 bits per heavy atom. The first-order chi connectivity index (χ1) is 26.2. The van der Waals surface area contributed by atoms with Gasteiger partial charge < -0.3 is 14.5 Å². The largest absolute Gasteiger partial charge is 0.308 e. The number of halogens is 1. The lowest BCUT2D eigenvalue weighted by Gasteiger charge is -2.31. The molecule has 2 atom stereocenters. The fraction of sp³-hybridized carbons (Fsp3) is 0.143. The highest BCUT2D eigenvalue weighted by Gasteiger charge is 2.59. The molecule has 2 aliphatic rings. The van der Waals surface area contributed by atoms with Gasteiger partial charge >= 0.3 is 0 Å². The molecule has 0 radical (unpaired) electrons. The predicted molar refractivity (Wildman–Crippen MR) is 233 cm³/mol. The van der Waals surface area contributed by atoms with E-state index < -0.39 is 0 Å². The van der Waals surface area contributed by atoms with Gasteiger partial charge in [0.1, 0.15) is 6.07 Å². The number of nitrogens with one attached hydrogen (secondary N) is 1. The summed E-state index contributed by atoms with van der Waals surface area (Å²) in [6.07, 6.45) is 9.30. The molecule has 1 fully saturated rings. The van der Waals surface area contributed by atoms with Crippen LogP contribution in [0.3, 0.4) is 0 Å². The maximum Gasteiger partial charge on any atom is 0.101 e. The highest BCUT2D eigenvalue weighted by molar-refractivity contribution is 14.1. The minimum Gasteiger partial charge on any atom is -0.308 e. The maximum absolute atomic E-state index is 11.2.